The molecule has 1 heterocycles. The zero-order valence-electron chi connectivity index (χ0n) is 9.79. The van der Waals surface area contributed by atoms with Crippen molar-refractivity contribution in [1.82, 2.24) is 15.3 Å². The SMILES string of the molecule is CC(C)N1CCOC(CNN(C)C)C1. The highest BCUT2D eigenvalue weighted by Gasteiger charge is 2.21. The van der Waals surface area contributed by atoms with Crippen molar-refractivity contribution in [3.05, 3.63) is 0 Å². The van der Waals surface area contributed by atoms with Crippen LogP contribution in [0.4, 0.5) is 0 Å². The summed E-state index contributed by atoms with van der Waals surface area (Å²) in [6, 6.07) is 0.626. The van der Waals surface area contributed by atoms with Crippen LogP contribution in [0.2, 0.25) is 0 Å². The van der Waals surface area contributed by atoms with Crippen LogP contribution < -0.4 is 5.43 Å². The highest BCUT2D eigenvalue weighted by Crippen LogP contribution is 2.07. The second-order valence-corrected chi connectivity index (χ2v) is 4.34. The van der Waals surface area contributed by atoms with Crippen molar-refractivity contribution < 1.29 is 4.74 Å². The maximum absolute atomic E-state index is 5.68. The third-order valence-corrected chi connectivity index (χ3v) is 2.54. The molecule has 4 heteroatoms. The van der Waals surface area contributed by atoms with Crippen molar-refractivity contribution in [2.75, 3.05) is 40.3 Å². The molecule has 0 radical (unpaired) electrons. The van der Waals surface area contributed by atoms with E-state index in [1.54, 1.807) is 0 Å². The zero-order chi connectivity index (χ0) is 10.6. The van der Waals surface area contributed by atoms with Gasteiger partial charge in [-0.25, -0.2) is 0 Å². The normalized spacial score (nSPS) is 24.9. The number of nitrogens with zero attached hydrogens (tertiary/aromatic N) is 2. The van der Waals surface area contributed by atoms with Crippen molar-refractivity contribution in [2.45, 2.75) is 26.0 Å². The molecule has 0 aliphatic carbocycles. The van der Waals surface area contributed by atoms with Gasteiger partial charge in [0.15, 0.2) is 0 Å². The van der Waals surface area contributed by atoms with E-state index in [0.29, 0.717) is 12.1 Å². The minimum Gasteiger partial charge on any atom is -0.374 e. The molecule has 1 saturated heterocycles. The minimum atomic E-state index is 0.327. The summed E-state index contributed by atoms with van der Waals surface area (Å²) in [5.41, 5.74) is 3.26. The Morgan fingerprint density at radius 1 is 1.50 bits per heavy atom. The molecule has 84 valence electrons. The molecule has 1 aliphatic rings. The van der Waals surface area contributed by atoms with Gasteiger partial charge in [0.1, 0.15) is 0 Å². The van der Waals surface area contributed by atoms with Crippen molar-refractivity contribution in [2.24, 2.45) is 0 Å². The Bertz CT molecular complexity index is 161. The van der Waals surface area contributed by atoms with Crippen molar-refractivity contribution in [3.8, 4) is 0 Å². The van der Waals surface area contributed by atoms with Gasteiger partial charge in [0.05, 0.1) is 12.7 Å². The second kappa shape index (κ2) is 5.66. The first kappa shape index (κ1) is 11.9. The fraction of sp³-hybridized carbons (Fsp3) is 1.00. The molecular weight excluding hydrogens is 178 g/mol. The third kappa shape index (κ3) is 3.92. The predicted molar refractivity (Wildman–Crippen MR) is 58.1 cm³/mol. The fourth-order valence-electron chi connectivity index (χ4n) is 1.62. The van der Waals surface area contributed by atoms with E-state index >= 15 is 0 Å². The molecule has 0 aromatic carbocycles. The molecule has 4 nitrogen and oxygen atoms in total. The lowest BCUT2D eigenvalue weighted by atomic mass is 10.2. The molecule has 1 rings (SSSR count). The van der Waals surface area contributed by atoms with E-state index in [4.69, 9.17) is 4.74 Å². The first-order valence-electron chi connectivity index (χ1n) is 5.36. The van der Waals surface area contributed by atoms with Crippen LogP contribution in [0.1, 0.15) is 13.8 Å². The van der Waals surface area contributed by atoms with Crippen molar-refractivity contribution >= 4 is 0 Å². The second-order valence-electron chi connectivity index (χ2n) is 4.34. The lowest BCUT2D eigenvalue weighted by Crippen LogP contribution is -2.50. The average Bonchev–Trinajstić information content (AvgIpc) is 2.15. The predicted octanol–water partition coefficient (Wildman–Crippen LogP) is 0.162. The van der Waals surface area contributed by atoms with Crippen LogP contribution in [-0.4, -0.2) is 62.4 Å². The lowest BCUT2D eigenvalue weighted by Gasteiger charge is -2.35. The lowest BCUT2D eigenvalue weighted by molar-refractivity contribution is -0.0427. The summed E-state index contributed by atoms with van der Waals surface area (Å²) >= 11 is 0. The Morgan fingerprint density at radius 2 is 2.21 bits per heavy atom. The minimum absolute atomic E-state index is 0.327. The van der Waals surface area contributed by atoms with Gasteiger partial charge in [0.25, 0.3) is 0 Å². The summed E-state index contributed by atoms with van der Waals surface area (Å²) in [5.74, 6) is 0. The van der Waals surface area contributed by atoms with E-state index in [-0.39, 0.29) is 0 Å². The number of hydrogen-bond acceptors (Lipinski definition) is 4. The van der Waals surface area contributed by atoms with Gasteiger partial charge >= 0.3 is 0 Å². The van der Waals surface area contributed by atoms with Crippen LogP contribution in [0.15, 0.2) is 0 Å². The van der Waals surface area contributed by atoms with Crippen LogP contribution in [0.5, 0.6) is 0 Å². The summed E-state index contributed by atoms with van der Waals surface area (Å²) < 4.78 is 5.68. The molecular formula is C10H23N3O. The van der Waals surface area contributed by atoms with Crippen LogP contribution in [0.25, 0.3) is 0 Å². The number of nitrogens with one attached hydrogen (secondary N) is 1. The Morgan fingerprint density at radius 3 is 2.79 bits per heavy atom. The van der Waals surface area contributed by atoms with E-state index < -0.39 is 0 Å². The van der Waals surface area contributed by atoms with Gasteiger partial charge in [-0.1, -0.05) is 0 Å². The molecule has 0 aromatic rings. The number of rotatable bonds is 4. The molecule has 14 heavy (non-hydrogen) atoms. The largest absolute Gasteiger partial charge is 0.374 e. The van der Waals surface area contributed by atoms with E-state index in [2.05, 4.69) is 24.2 Å². The van der Waals surface area contributed by atoms with Crippen molar-refractivity contribution in [3.63, 3.8) is 0 Å². The van der Waals surface area contributed by atoms with E-state index in [9.17, 15) is 0 Å². The Kier molecular flexibility index (Phi) is 4.81. The smallest absolute Gasteiger partial charge is 0.0840 e. The van der Waals surface area contributed by atoms with Crippen LogP contribution in [0.3, 0.4) is 0 Å². The van der Waals surface area contributed by atoms with Gasteiger partial charge in [-0.2, -0.15) is 0 Å². The fourth-order valence-corrected chi connectivity index (χ4v) is 1.62. The number of hydrazine groups is 1. The highest BCUT2D eigenvalue weighted by molar-refractivity contribution is 4.74. The van der Waals surface area contributed by atoms with E-state index in [1.165, 1.54) is 0 Å². The first-order chi connectivity index (χ1) is 6.59. The maximum Gasteiger partial charge on any atom is 0.0840 e. The Hall–Kier alpha value is -0.160. The maximum atomic E-state index is 5.68. The number of ether oxygens (including phenoxy) is 1. The van der Waals surface area contributed by atoms with Gasteiger partial charge in [-0.3, -0.25) is 15.3 Å². The summed E-state index contributed by atoms with van der Waals surface area (Å²) in [4.78, 5) is 2.46. The molecule has 0 saturated carbocycles. The molecule has 1 aliphatic heterocycles. The molecule has 0 aromatic heterocycles. The topological polar surface area (TPSA) is 27.7 Å². The highest BCUT2D eigenvalue weighted by atomic mass is 16.5. The first-order valence-corrected chi connectivity index (χ1v) is 5.36. The molecule has 1 fully saturated rings. The third-order valence-electron chi connectivity index (χ3n) is 2.54. The summed E-state index contributed by atoms with van der Waals surface area (Å²) in [6.45, 7) is 8.34. The van der Waals surface area contributed by atoms with Crippen molar-refractivity contribution in [1.29, 1.82) is 0 Å². The molecule has 1 unspecified atom stereocenters. The van der Waals surface area contributed by atoms with Crippen LogP contribution in [-0.2, 0) is 4.74 Å². The van der Waals surface area contributed by atoms with Gasteiger partial charge in [0, 0.05) is 39.8 Å². The Balaban J connectivity index is 2.25. The number of morpholine rings is 1. The molecule has 0 bridgehead atoms. The van der Waals surface area contributed by atoms with E-state index in [0.717, 1.165) is 26.2 Å². The molecule has 0 spiro atoms. The monoisotopic (exact) mass is 201 g/mol. The van der Waals surface area contributed by atoms with Gasteiger partial charge in [0.2, 0.25) is 0 Å². The number of hydrogen-bond donors (Lipinski definition) is 1. The van der Waals surface area contributed by atoms with Gasteiger partial charge in [-0.05, 0) is 13.8 Å². The average molecular weight is 201 g/mol. The quantitative estimate of drug-likeness (QED) is 0.656. The van der Waals surface area contributed by atoms with Crippen LogP contribution >= 0.6 is 0 Å². The zero-order valence-corrected chi connectivity index (χ0v) is 9.79. The van der Waals surface area contributed by atoms with Gasteiger partial charge < -0.3 is 4.74 Å². The van der Waals surface area contributed by atoms with Crippen LogP contribution in [0, 0.1) is 0 Å². The van der Waals surface area contributed by atoms with E-state index in [1.807, 2.05) is 19.1 Å². The van der Waals surface area contributed by atoms with Gasteiger partial charge in [-0.15, -0.1) is 0 Å². The standard InChI is InChI=1S/C10H23N3O/c1-9(2)13-5-6-14-10(8-13)7-11-12(3)4/h9-11H,5-8H2,1-4H3. The summed E-state index contributed by atoms with van der Waals surface area (Å²) in [5, 5.41) is 1.97. The molecule has 1 atom stereocenters. The summed E-state index contributed by atoms with van der Waals surface area (Å²) in [7, 11) is 4.01. The summed E-state index contributed by atoms with van der Waals surface area (Å²) in [6.07, 6.45) is 0.327. The Labute approximate surface area is 87.2 Å². The molecule has 1 N–H and O–H groups in total. The molecule has 0 amide bonds.